The molecule has 0 amide bonds. The molecule has 9 heteroatoms. The van der Waals surface area contributed by atoms with Crippen molar-refractivity contribution in [2.45, 2.75) is 45.6 Å². The second kappa shape index (κ2) is 10.3. The van der Waals surface area contributed by atoms with E-state index in [0.717, 1.165) is 38.0 Å². The van der Waals surface area contributed by atoms with Gasteiger partial charge in [-0.1, -0.05) is 28.9 Å². The Morgan fingerprint density at radius 3 is 2.73 bits per heavy atom. The summed E-state index contributed by atoms with van der Waals surface area (Å²) in [6.45, 7) is 6.46. The molecule has 0 fully saturated rings. The Labute approximate surface area is 197 Å². The SMILES string of the molecule is CC(C)Oc1ncc(-c2nc(-c3ccc4c(c3)CCN(CCCC(=O)O)CC4)no2)cc1Cl. The Morgan fingerprint density at radius 1 is 1.21 bits per heavy atom. The zero-order valence-corrected chi connectivity index (χ0v) is 19.5. The highest BCUT2D eigenvalue weighted by Crippen LogP contribution is 2.30. The minimum atomic E-state index is -0.741. The summed E-state index contributed by atoms with van der Waals surface area (Å²) in [5, 5.41) is 13.4. The van der Waals surface area contributed by atoms with Crippen LogP contribution in [-0.4, -0.2) is 56.8 Å². The number of pyridine rings is 1. The number of fused-ring (bicyclic) bond motifs is 1. The molecule has 0 unspecified atom stereocenters. The lowest BCUT2D eigenvalue weighted by molar-refractivity contribution is -0.137. The van der Waals surface area contributed by atoms with E-state index in [1.165, 1.54) is 11.1 Å². The highest BCUT2D eigenvalue weighted by molar-refractivity contribution is 6.32. The number of nitrogens with zero attached hydrogens (tertiary/aromatic N) is 4. The molecule has 0 spiro atoms. The molecular weight excluding hydrogens is 444 g/mol. The van der Waals surface area contributed by atoms with Gasteiger partial charge in [-0.2, -0.15) is 4.98 Å². The van der Waals surface area contributed by atoms with Gasteiger partial charge in [-0.3, -0.25) is 4.79 Å². The first-order chi connectivity index (χ1) is 15.9. The molecule has 0 saturated carbocycles. The van der Waals surface area contributed by atoms with Gasteiger partial charge in [0.1, 0.15) is 5.02 Å². The van der Waals surface area contributed by atoms with Crippen molar-refractivity contribution in [1.29, 1.82) is 0 Å². The molecule has 0 saturated heterocycles. The summed E-state index contributed by atoms with van der Waals surface area (Å²) in [4.78, 5) is 21.9. The molecule has 1 aliphatic rings. The summed E-state index contributed by atoms with van der Waals surface area (Å²) in [6, 6.07) is 7.96. The molecule has 0 atom stereocenters. The van der Waals surface area contributed by atoms with E-state index in [-0.39, 0.29) is 12.5 Å². The summed E-state index contributed by atoms with van der Waals surface area (Å²) in [5.41, 5.74) is 4.09. The average Bonchev–Trinajstić information content (AvgIpc) is 3.18. The highest BCUT2D eigenvalue weighted by Gasteiger charge is 2.18. The standard InChI is InChI=1S/C24H27ClN4O4/c1-15(2)32-24-20(25)13-19(14-26-24)23-27-22(28-33-23)18-6-5-16-7-10-29(9-3-4-21(30)31)11-8-17(16)12-18/h5-6,12-15H,3-4,7-11H2,1-2H3,(H,30,31). The van der Waals surface area contributed by atoms with Crippen molar-refractivity contribution >= 4 is 17.6 Å². The summed E-state index contributed by atoms with van der Waals surface area (Å²) in [5.74, 6) is 0.483. The summed E-state index contributed by atoms with van der Waals surface area (Å²) in [6.07, 6.45) is 4.30. The highest BCUT2D eigenvalue weighted by atomic mass is 35.5. The first-order valence-corrected chi connectivity index (χ1v) is 11.5. The van der Waals surface area contributed by atoms with Gasteiger partial charge in [0.15, 0.2) is 0 Å². The monoisotopic (exact) mass is 470 g/mol. The second-order valence-corrected chi connectivity index (χ2v) is 8.83. The van der Waals surface area contributed by atoms with Crippen LogP contribution in [0.1, 0.15) is 37.8 Å². The largest absolute Gasteiger partial charge is 0.481 e. The van der Waals surface area contributed by atoms with Gasteiger partial charge in [-0.15, -0.1) is 0 Å². The maximum Gasteiger partial charge on any atom is 0.303 e. The molecule has 0 aliphatic carbocycles. The number of aromatic nitrogens is 3. The van der Waals surface area contributed by atoms with Crippen LogP contribution in [-0.2, 0) is 17.6 Å². The van der Waals surface area contributed by atoms with Gasteiger partial charge in [0.05, 0.1) is 11.7 Å². The van der Waals surface area contributed by atoms with Gasteiger partial charge in [-0.05, 0) is 62.9 Å². The van der Waals surface area contributed by atoms with E-state index in [1.54, 1.807) is 12.3 Å². The number of ether oxygens (including phenoxy) is 1. The van der Waals surface area contributed by atoms with Crippen LogP contribution in [0.3, 0.4) is 0 Å². The molecular formula is C24H27ClN4O4. The normalized spacial score (nSPS) is 14.2. The van der Waals surface area contributed by atoms with E-state index >= 15 is 0 Å². The fourth-order valence-corrected chi connectivity index (χ4v) is 4.11. The smallest absolute Gasteiger partial charge is 0.303 e. The van der Waals surface area contributed by atoms with E-state index in [9.17, 15) is 4.79 Å². The molecule has 33 heavy (non-hydrogen) atoms. The number of carboxylic acids is 1. The van der Waals surface area contributed by atoms with Crippen LogP contribution in [0.2, 0.25) is 5.02 Å². The molecule has 3 aromatic rings. The molecule has 0 radical (unpaired) electrons. The van der Waals surface area contributed by atoms with Crippen LogP contribution in [0.15, 0.2) is 35.0 Å². The summed E-state index contributed by atoms with van der Waals surface area (Å²) < 4.78 is 11.0. The average molecular weight is 471 g/mol. The van der Waals surface area contributed by atoms with Crippen LogP contribution >= 0.6 is 11.6 Å². The van der Waals surface area contributed by atoms with E-state index < -0.39 is 5.97 Å². The van der Waals surface area contributed by atoms with Crippen molar-refractivity contribution in [2.24, 2.45) is 0 Å². The lowest BCUT2D eigenvalue weighted by Gasteiger charge is -2.18. The van der Waals surface area contributed by atoms with Crippen LogP contribution in [0.5, 0.6) is 5.88 Å². The fraction of sp³-hybridized carbons (Fsp3) is 0.417. The molecule has 1 aliphatic heterocycles. The Morgan fingerprint density at radius 2 is 2.00 bits per heavy atom. The molecule has 0 bridgehead atoms. The number of hydrogen-bond donors (Lipinski definition) is 1. The lowest BCUT2D eigenvalue weighted by Crippen LogP contribution is -2.27. The predicted molar refractivity (Wildman–Crippen MR) is 124 cm³/mol. The van der Waals surface area contributed by atoms with Crippen molar-refractivity contribution < 1.29 is 19.2 Å². The van der Waals surface area contributed by atoms with Gasteiger partial charge >= 0.3 is 5.97 Å². The van der Waals surface area contributed by atoms with Crippen molar-refractivity contribution in [2.75, 3.05) is 19.6 Å². The topological polar surface area (TPSA) is 102 Å². The number of carboxylic acid groups (broad SMARTS) is 1. The fourth-order valence-electron chi connectivity index (χ4n) is 3.90. The first-order valence-electron chi connectivity index (χ1n) is 11.1. The number of rotatable bonds is 8. The molecule has 2 aromatic heterocycles. The number of hydrogen-bond acceptors (Lipinski definition) is 7. The van der Waals surface area contributed by atoms with Crippen molar-refractivity contribution in [1.82, 2.24) is 20.0 Å². The Hall–Kier alpha value is -2.97. The maximum absolute atomic E-state index is 10.8. The Balaban J connectivity index is 1.46. The molecule has 174 valence electrons. The van der Waals surface area contributed by atoms with E-state index in [2.05, 4.69) is 32.2 Å². The van der Waals surface area contributed by atoms with Crippen LogP contribution in [0.4, 0.5) is 0 Å². The van der Waals surface area contributed by atoms with E-state index in [4.69, 9.17) is 26.0 Å². The molecule has 4 rings (SSSR count). The first kappa shape index (κ1) is 23.2. The number of aliphatic carboxylic acids is 1. The zero-order chi connectivity index (χ0) is 23.4. The minimum Gasteiger partial charge on any atom is -0.481 e. The summed E-state index contributed by atoms with van der Waals surface area (Å²) in [7, 11) is 0. The van der Waals surface area contributed by atoms with Crippen molar-refractivity contribution in [3.05, 3.63) is 46.6 Å². The Bertz CT molecular complexity index is 1130. The molecule has 8 nitrogen and oxygen atoms in total. The van der Waals surface area contributed by atoms with E-state index in [0.29, 0.717) is 34.6 Å². The van der Waals surface area contributed by atoms with Crippen LogP contribution in [0, 0.1) is 0 Å². The van der Waals surface area contributed by atoms with Crippen molar-refractivity contribution in [3.63, 3.8) is 0 Å². The van der Waals surface area contributed by atoms with Crippen LogP contribution in [0.25, 0.3) is 22.8 Å². The van der Waals surface area contributed by atoms with E-state index in [1.807, 2.05) is 19.9 Å². The van der Waals surface area contributed by atoms with Crippen molar-refractivity contribution in [3.8, 4) is 28.7 Å². The third kappa shape index (κ3) is 5.89. The molecule has 1 N–H and O–H groups in total. The predicted octanol–water partition coefficient (Wildman–Crippen LogP) is 4.50. The number of halogens is 1. The second-order valence-electron chi connectivity index (χ2n) is 8.42. The number of carbonyl (C=O) groups is 1. The van der Waals surface area contributed by atoms with Gasteiger partial charge in [0, 0.05) is 31.3 Å². The number of benzene rings is 1. The minimum absolute atomic E-state index is 0.0270. The third-order valence-corrected chi connectivity index (χ3v) is 5.82. The molecule has 1 aromatic carbocycles. The van der Waals surface area contributed by atoms with Gasteiger partial charge < -0.3 is 19.3 Å². The quantitative estimate of drug-likeness (QED) is 0.513. The third-order valence-electron chi connectivity index (χ3n) is 5.55. The van der Waals surface area contributed by atoms with Gasteiger partial charge in [-0.25, -0.2) is 4.98 Å². The summed E-state index contributed by atoms with van der Waals surface area (Å²) >= 11 is 6.29. The lowest BCUT2D eigenvalue weighted by atomic mass is 10.00. The zero-order valence-electron chi connectivity index (χ0n) is 18.8. The van der Waals surface area contributed by atoms with Crippen LogP contribution < -0.4 is 4.74 Å². The maximum atomic E-state index is 10.8. The van der Waals surface area contributed by atoms with Gasteiger partial charge in [0.2, 0.25) is 11.7 Å². The Kier molecular flexibility index (Phi) is 7.25. The van der Waals surface area contributed by atoms with Gasteiger partial charge in [0.25, 0.3) is 5.89 Å². The molecule has 3 heterocycles.